The van der Waals surface area contributed by atoms with Crippen LogP contribution in [0.1, 0.15) is 47.4 Å². The molecule has 1 heterocycles. The predicted molar refractivity (Wildman–Crippen MR) is 137 cm³/mol. The van der Waals surface area contributed by atoms with Crippen molar-refractivity contribution in [1.29, 1.82) is 5.41 Å². The first-order chi connectivity index (χ1) is 16.8. The summed E-state index contributed by atoms with van der Waals surface area (Å²) in [6.07, 6.45) is 1.75. The second-order valence-corrected chi connectivity index (χ2v) is 9.27. The van der Waals surface area contributed by atoms with E-state index in [4.69, 9.17) is 0 Å². The highest BCUT2D eigenvalue weighted by atomic mass is 19.1. The van der Waals surface area contributed by atoms with Crippen LogP contribution in [0.4, 0.5) is 10.1 Å². The Morgan fingerprint density at radius 3 is 2.14 bits per heavy atom. The maximum atomic E-state index is 13.8. The number of rotatable bonds is 3. The van der Waals surface area contributed by atoms with Gasteiger partial charge in [0.25, 0.3) is 0 Å². The van der Waals surface area contributed by atoms with E-state index in [9.17, 15) is 19.7 Å². The van der Waals surface area contributed by atoms with Crippen molar-refractivity contribution < 1.29 is 14.3 Å². The van der Waals surface area contributed by atoms with Crippen LogP contribution in [0.2, 0.25) is 0 Å². The number of amidine groups is 1. The van der Waals surface area contributed by atoms with Crippen LogP contribution in [0.15, 0.2) is 89.6 Å². The van der Waals surface area contributed by atoms with Crippen LogP contribution in [0.5, 0.6) is 0 Å². The van der Waals surface area contributed by atoms with Crippen molar-refractivity contribution in [1.82, 2.24) is 0 Å². The smallest absolute Gasteiger partial charge is 0.161 e. The van der Waals surface area contributed by atoms with Gasteiger partial charge in [-0.15, -0.1) is 0 Å². The Hall–Kier alpha value is -3.99. The number of allylic oxidation sites excluding steroid dienone is 2. The normalized spacial score (nSPS) is 19.6. The molecule has 2 aliphatic rings. The van der Waals surface area contributed by atoms with E-state index in [0.29, 0.717) is 41.5 Å². The number of anilines is 1. The second-order valence-electron chi connectivity index (χ2n) is 9.27. The quantitative estimate of drug-likeness (QED) is 0.409. The van der Waals surface area contributed by atoms with Crippen molar-refractivity contribution in [2.45, 2.75) is 39.0 Å². The summed E-state index contributed by atoms with van der Waals surface area (Å²) in [6, 6.07) is 21.3. The Bertz CT molecular complexity index is 1370. The molecule has 0 spiro atoms. The molecule has 2 N–H and O–H groups in total. The zero-order valence-corrected chi connectivity index (χ0v) is 19.8. The fraction of sp³-hybridized carbons (Fsp3) is 0.200. The zero-order valence-electron chi connectivity index (χ0n) is 19.8. The SMILES string of the molecule is Cc1ccc(/C(O)=C2\C(=N)N(c3ccc(C)cc3)C3=C(C(=O)CCC3)C2c2ccc(F)cc2)cc1. The number of aliphatic hydroxyl groups excluding tert-OH is 1. The second kappa shape index (κ2) is 8.99. The molecule has 0 amide bonds. The summed E-state index contributed by atoms with van der Waals surface area (Å²) < 4.78 is 13.8. The van der Waals surface area contributed by atoms with E-state index in [1.54, 1.807) is 17.0 Å². The van der Waals surface area contributed by atoms with Crippen molar-refractivity contribution in [2.75, 3.05) is 4.90 Å². The van der Waals surface area contributed by atoms with E-state index >= 15 is 0 Å². The lowest BCUT2D eigenvalue weighted by atomic mass is 9.73. The Morgan fingerprint density at radius 1 is 0.914 bits per heavy atom. The van der Waals surface area contributed by atoms with E-state index in [0.717, 1.165) is 22.5 Å². The summed E-state index contributed by atoms with van der Waals surface area (Å²) in [5.74, 6) is -0.965. The number of halogens is 1. The molecule has 0 aromatic heterocycles. The minimum Gasteiger partial charge on any atom is -0.507 e. The third-order valence-electron chi connectivity index (χ3n) is 6.83. The number of benzene rings is 3. The lowest BCUT2D eigenvalue weighted by molar-refractivity contribution is -0.116. The van der Waals surface area contributed by atoms with Gasteiger partial charge >= 0.3 is 0 Å². The summed E-state index contributed by atoms with van der Waals surface area (Å²) >= 11 is 0. The highest BCUT2D eigenvalue weighted by Crippen LogP contribution is 2.47. The molecule has 35 heavy (non-hydrogen) atoms. The fourth-order valence-electron chi connectivity index (χ4n) is 5.03. The number of Topliss-reactive ketones (excluding diaryl/α,β-unsaturated/α-hetero) is 1. The van der Waals surface area contributed by atoms with Gasteiger partial charge in [0, 0.05) is 40.4 Å². The number of ketones is 1. The first kappa shape index (κ1) is 22.8. The molecule has 3 aromatic carbocycles. The maximum absolute atomic E-state index is 13.8. The average molecular weight is 467 g/mol. The molecular formula is C30H27FN2O2. The van der Waals surface area contributed by atoms with E-state index in [-0.39, 0.29) is 23.2 Å². The monoisotopic (exact) mass is 466 g/mol. The Kier molecular flexibility index (Phi) is 5.85. The van der Waals surface area contributed by atoms with Crippen molar-refractivity contribution in [3.8, 4) is 0 Å². The number of hydrogen-bond donors (Lipinski definition) is 2. The standard InChI is InChI=1S/C30H27FN2O2/c1-18-6-10-21(11-7-18)29(35)28-26(20-12-14-22(31)15-13-20)27-24(4-3-5-25(27)34)33(30(28)32)23-16-8-19(2)9-17-23/h6-17,26,32,35H,3-5H2,1-2H3/b29-28+,32-30?. The Balaban J connectivity index is 1.81. The van der Waals surface area contributed by atoms with Gasteiger partial charge < -0.3 is 5.11 Å². The van der Waals surface area contributed by atoms with Crippen molar-refractivity contribution in [3.05, 3.63) is 118 Å². The van der Waals surface area contributed by atoms with E-state index < -0.39 is 5.92 Å². The largest absolute Gasteiger partial charge is 0.507 e. The molecule has 3 aromatic rings. The van der Waals surface area contributed by atoms with Crippen LogP contribution >= 0.6 is 0 Å². The summed E-state index contributed by atoms with van der Waals surface area (Å²) in [7, 11) is 0. The molecule has 1 aliphatic heterocycles. The molecule has 1 unspecified atom stereocenters. The third kappa shape index (κ3) is 4.08. The average Bonchev–Trinajstić information content (AvgIpc) is 2.85. The van der Waals surface area contributed by atoms with Crippen molar-refractivity contribution >= 4 is 23.1 Å². The first-order valence-electron chi connectivity index (χ1n) is 11.8. The summed E-state index contributed by atoms with van der Waals surface area (Å²) in [5, 5.41) is 20.9. The molecule has 1 atom stereocenters. The van der Waals surface area contributed by atoms with Crippen LogP contribution in [0, 0.1) is 25.1 Å². The predicted octanol–water partition coefficient (Wildman–Crippen LogP) is 7.00. The van der Waals surface area contributed by atoms with Crippen LogP contribution in [0.3, 0.4) is 0 Å². The van der Waals surface area contributed by atoms with Crippen molar-refractivity contribution in [3.63, 3.8) is 0 Å². The minimum atomic E-state index is -0.658. The van der Waals surface area contributed by atoms with E-state index in [2.05, 4.69) is 0 Å². The molecule has 4 nitrogen and oxygen atoms in total. The number of nitrogens with zero attached hydrogens (tertiary/aromatic N) is 1. The number of nitrogens with one attached hydrogen (secondary N) is 1. The molecule has 0 fully saturated rings. The summed E-state index contributed by atoms with van der Waals surface area (Å²) in [4.78, 5) is 15.2. The van der Waals surface area contributed by atoms with Gasteiger partial charge in [0.2, 0.25) is 0 Å². The molecular weight excluding hydrogens is 439 g/mol. The molecule has 5 heteroatoms. The zero-order chi connectivity index (χ0) is 24.7. The van der Waals surface area contributed by atoms with Gasteiger partial charge in [-0.3, -0.25) is 15.1 Å². The Morgan fingerprint density at radius 2 is 1.51 bits per heavy atom. The van der Waals surface area contributed by atoms with Gasteiger partial charge in [-0.1, -0.05) is 59.7 Å². The maximum Gasteiger partial charge on any atom is 0.161 e. The third-order valence-corrected chi connectivity index (χ3v) is 6.83. The number of carbonyl (C=O) groups excluding carboxylic acids is 1. The fourth-order valence-corrected chi connectivity index (χ4v) is 5.03. The van der Waals surface area contributed by atoms with Gasteiger partial charge in [-0.05, 0) is 56.5 Å². The van der Waals surface area contributed by atoms with Crippen LogP contribution < -0.4 is 4.90 Å². The topological polar surface area (TPSA) is 64.4 Å². The lowest BCUT2D eigenvalue weighted by Gasteiger charge is -2.41. The van der Waals surface area contributed by atoms with Crippen LogP contribution in [-0.2, 0) is 4.79 Å². The molecule has 0 bridgehead atoms. The minimum absolute atomic E-state index is 0.000562. The number of carbonyl (C=O) groups is 1. The van der Waals surface area contributed by atoms with Gasteiger partial charge in [0.1, 0.15) is 17.4 Å². The molecule has 176 valence electrons. The Labute approximate surface area is 204 Å². The van der Waals surface area contributed by atoms with Crippen LogP contribution in [-0.4, -0.2) is 16.7 Å². The summed E-state index contributed by atoms with van der Waals surface area (Å²) in [5.41, 5.74) is 5.86. The first-order valence-corrected chi connectivity index (χ1v) is 11.8. The van der Waals surface area contributed by atoms with Gasteiger partial charge in [-0.2, -0.15) is 0 Å². The van der Waals surface area contributed by atoms with Crippen molar-refractivity contribution in [2.24, 2.45) is 0 Å². The molecule has 5 rings (SSSR count). The van der Waals surface area contributed by atoms with Gasteiger partial charge in [0.05, 0.1) is 0 Å². The number of aliphatic hydroxyl groups is 1. The van der Waals surface area contributed by atoms with E-state index in [1.807, 2.05) is 62.4 Å². The number of hydrogen-bond acceptors (Lipinski definition) is 3. The highest BCUT2D eigenvalue weighted by Gasteiger charge is 2.43. The molecule has 0 radical (unpaired) electrons. The molecule has 0 saturated heterocycles. The van der Waals surface area contributed by atoms with Gasteiger partial charge in [-0.25, -0.2) is 4.39 Å². The van der Waals surface area contributed by atoms with Gasteiger partial charge in [0.15, 0.2) is 5.78 Å². The lowest BCUT2D eigenvalue weighted by Crippen LogP contribution is -2.42. The molecule has 0 saturated carbocycles. The molecule has 1 aliphatic carbocycles. The van der Waals surface area contributed by atoms with Crippen LogP contribution in [0.25, 0.3) is 5.76 Å². The highest BCUT2D eigenvalue weighted by molar-refractivity contribution is 6.19. The number of aryl methyl sites for hydroxylation is 2. The summed E-state index contributed by atoms with van der Waals surface area (Å²) in [6.45, 7) is 3.97. The van der Waals surface area contributed by atoms with E-state index in [1.165, 1.54) is 12.1 Å².